The molecule has 3 rings (SSSR count). The second-order valence-electron chi connectivity index (χ2n) is 6.39. The Morgan fingerprint density at radius 1 is 1.19 bits per heavy atom. The van der Waals surface area contributed by atoms with Gasteiger partial charge in [-0.3, -0.25) is 14.4 Å². The van der Waals surface area contributed by atoms with Gasteiger partial charge >= 0.3 is 5.97 Å². The molecule has 0 bridgehead atoms. The minimum absolute atomic E-state index is 0.00991. The molecule has 0 unspecified atom stereocenters. The van der Waals surface area contributed by atoms with Crippen LogP contribution in [0.2, 0.25) is 0 Å². The predicted octanol–water partition coefficient (Wildman–Crippen LogP) is 3.62. The summed E-state index contributed by atoms with van der Waals surface area (Å²) in [5, 5.41) is 0.497. The number of hydrogen-bond donors (Lipinski definition) is 1. The zero-order valence-corrected chi connectivity index (χ0v) is 16.2. The molecule has 2 heterocycles. The fraction of sp³-hybridized carbons (Fsp3) is 0.300. The Morgan fingerprint density at radius 3 is 2.67 bits per heavy atom. The van der Waals surface area contributed by atoms with Gasteiger partial charge in [-0.15, -0.1) is 11.3 Å². The minimum atomic E-state index is -0.500. The number of Topliss-reactive ketones (excluding diaryl/α,β-unsaturated/α-hetero) is 1. The van der Waals surface area contributed by atoms with Gasteiger partial charge in [-0.25, -0.2) is 4.98 Å². The highest BCUT2D eigenvalue weighted by Gasteiger charge is 2.15. The molecule has 27 heavy (non-hydrogen) atoms. The van der Waals surface area contributed by atoms with Crippen molar-refractivity contribution in [2.24, 2.45) is 0 Å². The highest BCUT2D eigenvalue weighted by atomic mass is 32.1. The van der Waals surface area contributed by atoms with Crippen molar-refractivity contribution in [2.75, 3.05) is 0 Å². The number of fused-ring (bicyclic) bond motifs is 1. The van der Waals surface area contributed by atoms with Gasteiger partial charge in [-0.1, -0.05) is 12.1 Å². The number of rotatable bonds is 6. The average Bonchev–Trinajstić information content (AvgIpc) is 2.97. The monoisotopic (exact) mass is 384 g/mol. The summed E-state index contributed by atoms with van der Waals surface area (Å²) in [5.74, 6) is -0.284. The molecule has 0 spiro atoms. The molecule has 7 heteroatoms. The summed E-state index contributed by atoms with van der Waals surface area (Å²) in [6.07, 6.45) is 0.0840. The van der Waals surface area contributed by atoms with Crippen molar-refractivity contribution in [1.29, 1.82) is 0 Å². The molecular formula is C20H20N2O4S. The number of para-hydroxylation sites is 1. The average molecular weight is 384 g/mol. The van der Waals surface area contributed by atoms with Gasteiger partial charge in [-0.2, -0.15) is 0 Å². The quantitative estimate of drug-likeness (QED) is 0.518. The van der Waals surface area contributed by atoms with Crippen molar-refractivity contribution in [3.8, 4) is 0 Å². The van der Waals surface area contributed by atoms with Crippen molar-refractivity contribution in [2.45, 2.75) is 40.2 Å². The maximum atomic E-state index is 12.2. The highest BCUT2D eigenvalue weighted by molar-refractivity contribution is 7.12. The first kappa shape index (κ1) is 19.0. The van der Waals surface area contributed by atoms with E-state index in [1.165, 1.54) is 0 Å². The molecule has 6 nitrogen and oxygen atoms in total. The van der Waals surface area contributed by atoms with Crippen molar-refractivity contribution in [3.05, 3.63) is 61.3 Å². The summed E-state index contributed by atoms with van der Waals surface area (Å²) in [6, 6.07) is 7.20. The number of nitrogens with one attached hydrogen (secondary N) is 1. The number of esters is 1. The third-order valence-corrected chi connectivity index (χ3v) is 5.22. The first-order valence-electron chi connectivity index (χ1n) is 8.59. The van der Waals surface area contributed by atoms with Crippen LogP contribution in [0.25, 0.3) is 10.9 Å². The Bertz CT molecular complexity index is 1080. The van der Waals surface area contributed by atoms with E-state index in [-0.39, 0.29) is 36.6 Å². The van der Waals surface area contributed by atoms with Crippen LogP contribution in [0.1, 0.15) is 44.3 Å². The van der Waals surface area contributed by atoms with Crippen LogP contribution < -0.4 is 5.56 Å². The predicted molar refractivity (Wildman–Crippen MR) is 104 cm³/mol. The Morgan fingerprint density at radius 2 is 1.96 bits per heavy atom. The zero-order chi connectivity index (χ0) is 19.6. The van der Waals surface area contributed by atoms with Crippen molar-refractivity contribution in [1.82, 2.24) is 9.97 Å². The highest BCUT2D eigenvalue weighted by Crippen LogP contribution is 2.22. The van der Waals surface area contributed by atoms with Crippen LogP contribution in [0, 0.1) is 20.8 Å². The molecule has 0 aliphatic rings. The Hall–Kier alpha value is -2.80. The SMILES string of the molecule is Cc1cc(C(=O)CCC(=O)OCc2nc3c(C)cccc3c(=O)[nH]2)c(C)s1. The number of thiophene rings is 1. The molecule has 0 saturated heterocycles. The van der Waals surface area contributed by atoms with E-state index in [1.807, 2.05) is 32.9 Å². The number of carbonyl (C=O) groups excluding carboxylic acids is 2. The van der Waals surface area contributed by atoms with E-state index >= 15 is 0 Å². The summed E-state index contributed by atoms with van der Waals surface area (Å²) < 4.78 is 5.17. The minimum Gasteiger partial charge on any atom is -0.458 e. The molecule has 0 aliphatic heterocycles. The molecule has 0 fully saturated rings. The van der Waals surface area contributed by atoms with E-state index in [4.69, 9.17) is 4.74 Å². The number of carbonyl (C=O) groups is 2. The number of ether oxygens (including phenoxy) is 1. The van der Waals surface area contributed by atoms with Crippen LogP contribution in [0.3, 0.4) is 0 Å². The van der Waals surface area contributed by atoms with E-state index in [0.717, 1.165) is 15.3 Å². The number of aromatic amines is 1. The summed E-state index contributed by atoms with van der Waals surface area (Å²) in [4.78, 5) is 45.3. The number of H-pyrrole nitrogens is 1. The fourth-order valence-electron chi connectivity index (χ4n) is 2.90. The smallest absolute Gasteiger partial charge is 0.306 e. The van der Waals surface area contributed by atoms with Crippen LogP contribution in [0.4, 0.5) is 0 Å². The summed E-state index contributed by atoms with van der Waals surface area (Å²) >= 11 is 1.56. The van der Waals surface area contributed by atoms with Crippen LogP contribution in [0.15, 0.2) is 29.1 Å². The Balaban J connectivity index is 1.60. The molecule has 0 aliphatic carbocycles. The third kappa shape index (κ3) is 4.31. The molecule has 140 valence electrons. The number of ketones is 1. The van der Waals surface area contributed by atoms with Gasteiger partial charge in [0.15, 0.2) is 5.78 Å². The first-order chi connectivity index (χ1) is 12.8. The standard InChI is InChI=1S/C20H20N2O4S/c1-11-5-4-6-14-19(11)21-17(22-20(14)25)10-26-18(24)8-7-16(23)15-9-12(2)27-13(15)3/h4-6,9H,7-8,10H2,1-3H3,(H,21,22,25). The number of nitrogens with zero attached hydrogens (tertiary/aromatic N) is 1. The van der Waals surface area contributed by atoms with Gasteiger partial charge in [0.1, 0.15) is 12.4 Å². The van der Waals surface area contributed by atoms with E-state index in [1.54, 1.807) is 23.5 Å². The maximum Gasteiger partial charge on any atom is 0.306 e. The van der Waals surface area contributed by atoms with Gasteiger partial charge in [0.05, 0.1) is 17.3 Å². The summed E-state index contributed by atoms with van der Waals surface area (Å²) in [5.41, 5.74) is 1.86. The molecule has 0 atom stereocenters. The second kappa shape index (κ2) is 7.84. The molecule has 0 radical (unpaired) electrons. The van der Waals surface area contributed by atoms with E-state index in [0.29, 0.717) is 16.5 Å². The third-order valence-electron chi connectivity index (χ3n) is 4.25. The van der Waals surface area contributed by atoms with Crippen LogP contribution in [0.5, 0.6) is 0 Å². The molecule has 0 amide bonds. The molecular weight excluding hydrogens is 364 g/mol. The first-order valence-corrected chi connectivity index (χ1v) is 9.41. The van der Waals surface area contributed by atoms with Gasteiger partial charge in [-0.05, 0) is 38.5 Å². The molecule has 3 aromatic rings. The Kier molecular flexibility index (Phi) is 5.51. The lowest BCUT2D eigenvalue weighted by molar-refractivity contribution is -0.145. The number of aryl methyl sites for hydroxylation is 3. The van der Waals surface area contributed by atoms with E-state index in [9.17, 15) is 14.4 Å². The zero-order valence-electron chi connectivity index (χ0n) is 15.4. The maximum absolute atomic E-state index is 12.2. The number of hydrogen-bond acceptors (Lipinski definition) is 6. The van der Waals surface area contributed by atoms with Crippen LogP contribution in [-0.2, 0) is 16.1 Å². The van der Waals surface area contributed by atoms with Gasteiger partial charge in [0.2, 0.25) is 0 Å². The topological polar surface area (TPSA) is 89.1 Å². The van der Waals surface area contributed by atoms with Crippen LogP contribution >= 0.6 is 11.3 Å². The molecule has 1 aromatic carbocycles. The van der Waals surface area contributed by atoms with Crippen molar-refractivity contribution >= 4 is 34.0 Å². The largest absolute Gasteiger partial charge is 0.458 e. The molecule has 0 saturated carbocycles. The van der Waals surface area contributed by atoms with Crippen molar-refractivity contribution in [3.63, 3.8) is 0 Å². The normalized spacial score (nSPS) is 10.9. The van der Waals surface area contributed by atoms with Crippen LogP contribution in [-0.4, -0.2) is 21.7 Å². The number of aromatic nitrogens is 2. The van der Waals surface area contributed by atoms with Gasteiger partial charge in [0.25, 0.3) is 5.56 Å². The molecule has 1 N–H and O–H groups in total. The Labute approximate surface area is 160 Å². The summed E-state index contributed by atoms with van der Waals surface area (Å²) in [7, 11) is 0. The molecule has 2 aromatic heterocycles. The second-order valence-corrected chi connectivity index (χ2v) is 7.85. The lowest BCUT2D eigenvalue weighted by Crippen LogP contribution is -2.15. The van der Waals surface area contributed by atoms with E-state index in [2.05, 4.69) is 9.97 Å². The lowest BCUT2D eigenvalue weighted by atomic mass is 10.1. The lowest BCUT2D eigenvalue weighted by Gasteiger charge is -2.06. The van der Waals surface area contributed by atoms with Crippen molar-refractivity contribution < 1.29 is 14.3 Å². The number of benzene rings is 1. The summed E-state index contributed by atoms with van der Waals surface area (Å²) in [6.45, 7) is 5.57. The van der Waals surface area contributed by atoms with E-state index < -0.39 is 5.97 Å². The fourth-order valence-corrected chi connectivity index (χ4v) is 3.84. The van der Waals surface area contributed by atoms with Gasteiger partial charge < -0.3 is 9.72 Å². The van der Waals surface area contributed by atoms with Gasteiger partial charge in [0, 0.05) is 21.7 Å².